The van der Waals surface area contributed by atoms with Crippen LogP contribution in [0.25, 0.3) is 11.0 Å². The number of aromatic nitrogens is 3. The number of hydrogen-bond acceptors (Lipinski definition) is 5. The van der Waals surface area contributed by atoms with Crippen LogP contribution in [0, 0.1) is 0 Å². The highest BCUT2D eigenvalue weighted by Crippen LogP contribution is 2.19. The van der Waals surface area contributed by atoms with Gasteiger partial charge < -0.3 is 10.2 Å². The van der Waals surface area contributed by atoms with E-state index in [0.717, 1.165) is 24.0 Å². The van der Waals surface area contributed by atoms with Crippen LogP contribution < -0.4 is 16.6 Å². The molecular formula is C16H21N5O3. The van der Waals surface area contributed by atoms with Gasteiger partial charge >= 0.3 is 5.69 Å². The standard InChI is InChI=1S/C16H21N5O3/c1-17-9-10-5-4-8-21(10)15(23)12-7-6-11-13(18-12)19(2)16(24)20(3)14(11)22/h6-7,10,17H,4-5,8-9H2,1-3H3. The van der Waals surface area contributed by atoms with Crippen molar-refractivity contribution in [1.82, 2.24) is 24.3 Å². The Morgan fingerprint density at radius 2 is 2.04 bits per heavy atom. The molecule has 128 valence electrons. The minimum atomic E-state index is -0.459. The number of aryl methyl sites for hydroxylation is 1. The summed E-state index contributed by atoms with van der Waals surface area (Å²) in [6, 6.07) is 3.28. The molecule has 0 aliphatic carbocycles. The van der Waals surface area contributed by atoms with Crippen LogP contribution in [0.2, 0.25) is 0 Å². The van der Waals surface area contributed by atoms with E-state index in [0.29, 0.717) is 11.9 Å². The van der Waals surface area contributed by atoms with Crippen molar-refractivity contribution < 1.29 is 4.79 Å². The zero-order chi connectivity index (χ0) is 17.4. The summed E-state index contributed by atoms with van der Waals surface area (Å²) in [5.74, 6) is -0.164. The lowest BCUT2D eigenvalue weighted by Gasteiger charge is -2.24. The second-order valence-electron chi connectivity index (χ2n) is 6.13. The number of carbonyl (C=O) groups excluding carboxylic acids is 1. The third-order valence-electron chi connectivity index (χ3n) is 4.60. The van der Waals surface area contributed by atoms with Crippen molar-refractivity contribution in [1.29, 1.82) is 0 Å². The van der Waals surface area contributed by atoms with Gasteiger partial charge in [-0.25, -0.2) is 9.78 Å². The first kappa shape index (κ1) is 16.4. The second-order valence-corrected chi connectivity index (χ2v) is 6.13. The fourth-order valence-electron chi connectivity index (χ4n) is 3.27. The van der Waals surface area contributed by atoms with E-state index < -0.39 is 11.2 Å². The van der Waals surface area contributed by atoms with E-state index >= 15 is 0 Å². The Kier molecular flexibility index (Phi) is 4.23. The summed E-state index contributed by atoms with van der Waals surface area (Å²) < 4.78 is 2.33. The number of pyridine rings is 1. The molecule has 3 rings (SSSR count). The van der Waals surface area contributed by atoms with Gasteiger partial charge in [-0.3, -0.25) is 18.7 Å². The molecule has 1 N–H and O–H groups in total. The normalized spacial score (nSPS) is 17.6. The molecule has 1 fully saturated rings. The summed E-state index contributed by atoms with van der Waals surface area (Å²) in [6.07, 6.45) is 1.92. The van der Waals surface area contributed by atoms with E-state index in [-0.39, 0.29) is 23.3 Å². The van der Waals surface area contributed by atoms with E-state index in [1.165, 1.54) is 11.6 Å². The fraction of sp³-hybridized carbons (Fsp3) is 0.500. The Hall–Kier alpha value is -2.48. The van der Waals surface area contributed by atoms with Gasteiger partial charge in [0.25, 0.3) is 11.5 Å². The lowest BCUT2D eigenvalue weighted by molar-refractivity contribution is 0.0731. The predicted molar refractivity (Wildman–Crippen MR) is 90.2 cm³/mol. The van der Waals surface area contributed by atoms with Gasteiger partial charge in [0, 0.05) is 33.2 Å². The summed E-state index contributed by atoms with van der Waals surface area (Å²) >= 11 is 0. The van der Waals surface area contributed by atoms with Crippen molar-refractivity contribution in [2.24, 2.45) is 14.1 Å². The van der Waals surface area contributed by atoms with Gasteiger partial charge in [0.05, 0.1) is 5.39 Å². The SMILES string of the molecule is CNCC1CCCN1C(=O)c1ccc2c(=O)n(C)c(=O)n(C)c2n1. The summed E-state index contributed by atoms with van der Waals surface area (Å²) in [4.78, 5) is 43.2. The third-order valence-corrected chi connectivity index (χ3v) is 4.60. The molecule has 1 amide bonds. The number of fused-ring (bicyclic) bond motifs is 1. The second kappa shape index (κ2) is 6.20. The number of nitrogens with one attached hydrogen (secondary N) is 1. The molecule has 8 nitrogen and oxygen atoms in total. The van der Waals surface area contributed by atoms with E-state index in [9.17, 15) is 14.4 Å². The zero-order valence-corrected chi connectivity index (χ0v) is 14.1. The molecule has 1 aliphatic rings. The van der Waals surface area contributed by atoms with E-state index in [1.807, 2.05) is 11.9 Å². The molecule has 8 heteroatoms. The molecule has 1 atom stereocenters. The van der Waals surface area contributed by atoms with Crippen LogP contribution >= 0.6 is 0 Å². The molecular weight excluding hydrogens is 310 g/mol. The van der Waals surface area contributed by atoms with E-state index in [2.05, 4.69) is 10.3 Å². The molecule has 2 aromatic heterocycles. The predicted octanol–water partition coefficient (Wildman–Crippen LogP) is -0.544. The monoisotopic (exact) mass is 331 g/mol. The van der Waals surface area contributed by atoms with Gasteiger partial charge in [-0.15, -0.1) is 0 Å². The highest BCUT2D eigenvalue weighted by atomic mass is 16.2. The molecule has 0 aromatic carbocycles. The van der Waals surface area contributed by atoms with Crippen LogP contribution in [0.4, 0.5) is 0 Å². The van der Waals surface area contributed by atoms with Crippen molar-refractivity contribution in [2.75, 3.05) is 20.1 Å². The number of rotatable bonds is 3. The summed E-state index contributed by atoms with van der Waals surface area (Å²) in [7, 11) is 4.83. The van der Waals surface area contributed by atoms with Crippen LogP contribution in [0.5, 0.6) is 0 Å². The minimum absolute atomic E-state index is 0.146. The first-order valence-corrected chi connectivity index (χ1v) is 7.98. The highest BCUT2D eigenvalue weighted by Gasteiger charge is 2.29. The Morgan fingerprint density at radius 3 is 2.75 bits per heavy atom. The van der Waals surface area contributed by atoms with Crippen LogP contribution in [-0.4, -0.2) is 51.1 Å². The van der Waals surface area contributed by atoms with Gasteiger partial charge in [-0.05, 0) is 32.0 Å². The maximum absolute atomic E-state index is 12.8. The lowest BCUT2D eigenvalue weighted by Crippen LogP contribution is -2.41. The topological polar surface area (TPSA) is 89.2 Å². The number of carbonyl (C=O) groups is 1. The average molecular weight is 331 g/mol. The number of likely N-dealkylation sites (tertiary alicyclic amines) is 1. The molecule has 3 heterocycles. The number of likely N-dealkylation sites (N-methyl/N-ethyl adjacent to an activating group) is 1. The molecule has 1 saturated heterocycles. The van der Waals surface area contributed by atoms with Crippen LogP contribution in [0.15, 0.2) is 21.7 Å². The Bertz CT molecular complexity index is 914. The maximum atomic E-state index is 12.8. The first-order valence-electron chi connectivity index (χ1n) is 7.98. The van der Waals surface area contributed by atoms with Crippen molar-refractivity contribution in [3.05, 3.63) is 38.7 Å². The molecule has 1 aliphatic heterocycles. The Labute approximate surface area is 138 Å². The number of amides is 1. The maximum Gasteiger partial charge on any atom is 0.332 e. The quantitative estimate of drug-likeness (QED) is 0.816. The number of nitrogens with zero attached hydrogens (tertiary/aromatic N) is 4. The average Bonchev–Trinajstić information content (AvgIpc) is 3.05. The van der Waals surface area contributed by atoms with Crippen molar-refractivity contribution in [3.63, 3.8) is 0 Å². The molecule has 1 unspecified atom stereocenters. The van der Waals surface area contributed by atoms with Gasteiger partial charge in [0.2, 0.25) is 0 Å². The highest BCUT2D eigenvalue weighted by molar-refractivity contribution is 5.94. The summed E-state index contributed by atoms with van der Waals surface area (Å²) in [5, 5.41) is 3.43. The van der Waals surface area contributed by atoms with E-state index in [4.69, 9.17) is 0 Å². The van der Waals surface area contributed by atoms with Crippen LogP contribution in [-0.2, 0) is 14.1 Å². The molecule has 0 spiro atoms. The van der Waals surface area contributed by atoms with Crippen LogP contribution in [0.1, 0.15) is 23.3 Å². The third kappa shape index (κ3) is 2.52. The van der Waals surface area contributed by atoms with Crippen molar-refractivity contribution >= 4 is 16.9 Å². The smallest absolute Gasteiger partial charge is 0.332 e. The largest absolute Gasteiger partial charge is 0.333 e. The zero-order valence-electron chi connectivity index (χ0n) is 14.1. The van der Waals surface area contributed by atoms with E-state index in [1.54, 1.807) is 19.2 Å². The van der Waals surface area contributed by atoms with Crippen molar-refractivity contribution in [3.8, 4) is 0 Å². The van der Waals surface area contributed by atoms with Gasteiger partial charge in [-0.1, -0.05) is 0 Å². The van der Waals surface area contributed by atoms with Gasteiger partial charge in [-0.2, -0.15) is 0 Å². The number of hydrogen-bond donors (Lipinski definition) is 1. The molecule has 0 saturated carbocycles. The molecule has 2 aromatic rings. The van der Waals surface area contributed by atoms with Crippen molar-refractivity contribution in [2.45, 2.75) is 18.9 Å². The Morgan fingerprint density at radius 1 is 1.29 bits per heavy atom. The van der Waals surface area contributed by atoms with Crippen LogP contribution in [0.3, 0.4) is 0 Å². The minimum Gasteiger partial charge on any atom is -0.333 e. The first-order chi connectivity index (χ1) is 11.5. The van der Waals surface area contributed by atoms with Gasteiger partial charge in [0.1, 0.15) is 11.3 Å². The summed E-state index contributed by atoms with van der Waals surface area (Å²) in [5.41, 5.74) is -0.375. The molecule has 0 bridgehead atoms. The van der Waals surface area contributed by atoms with Gasteiger partial charge in [0.15, 0.2) is 0 Å². The fourth-order valence-corrected chi connectivity index (χ4v) is 3.27. The lowest BCUT2D eigenvalue weighted by atomic mass is 10.2. The molecule has 24 heavy (non-hydrogen) atoms. The Balaban J connectivity index is 2.07. The summed E-state index contributed by atoms with van der Waals surface area (Å²) in [6.45, 7) is 1.43. The molecule has 0 radical (unpaired) electrons.